The first kappa shape index (κ1) is 12.8. The summed E-state index contributed by atoms with van der Waals surface area (Å²) >= 11 is 0. The van der Waals surface area contributed by atoms with Gasteiger partial charge in [-0.1, -0.05) is 18.7 Å². The van der Waals surface area contributed by atoms with Gasteiger partial charge in [0.2, 0.25) is 5.91 Å². The smallest absolute Gasteiger partial charge is 0.264 e. The highest BCUT2D eigenvalue weighted by molar-refractivity contribution is 5.98. The molecule has 0 aliphatic rings. The van der Waals surface area contributed by atoms with Crippen LogP contribution in [-0.2, 0) is 4.79 Å². The summed E-state index contributed by atoms with van der Waals surface area (Å²) in [5.74, 6) is -0.258. The van der Waals surface area contributed by atoms with Crippen molar-refractivity contribution in [1.82, 2.24) is 10.2 Å². The highest BCUT2D eigenvalue weighted by Gasteiger charge is 2.05. The van der Waals surface area contributed by atoms with Crippen molar-refractivity contribution in [3.8, 4) is 11.3 Å². The topological polar surface area (TPSA) is 74.8 Å². The Labute approximate surface area is 110 Å². The molecule has 2 aromatic rings. The molecule has 0 fully saturated rings. The summed E-state index contributed by atoms with van der Waals surface area (Å²) in [6.07, 6.45) is 1.21. The van der Waals surface area contributed by atoms with Crippen molar-refractivity contribution >= 4 is 11.6 Å². The molecule has 0 radical (unpaired) electrons. The Morgan fingerprint density at radius 3 is 2.63 bits per heavy atom. The zero-order chi connectivity index (χ0) is 13.8. The average molecular weight is 255 g/mol. The van der Waals surface area contributed by atoms with Gasteiger partial charge in [-0.2, -0.15) is 5.10 Å². The molecule has 0 spiro atoms. The Balaban J connectivity index is 2.29. The Kier molecular flexibility index (Phi) is 3.56. The standard InChI is InChI=1S/C14H13N3O2/c1-3-12(18)15-11-6-4-10(5-7-11)14-9(2)8-13(19)16-17-14/h3-8H,1H2,2H3,(H,15,18)(H,16,19). The number of hydrogen-bond donors (Lipinski definition) is 2. The number of aromatic amines is 1. The predicted octanol–water partition coefficient (Wildman–Crippen LogP) is 1.87. The molecule has 0 atom stereocenters. The summed E-state index contributed by atoms with van der Waals surface area (Å²) in [4.78, 5) is 22.3. The molecular weight excluding hydrogens is 242 g/mol. The zero-order valence-electron chi connectivity index (χ0n) is 10.4. The Morgan fingerprint density at radius 2 is 2.05 bits per heavy atom. The van der Waals surface area contributed by atoms with Crippen molar-refractivity contribution in [3.05, 3.63) is 58.9 Å². The lowest BCUT2D eigenvalue weighted by Crippen LogP contribution is -2.09. The fourth-order valence-electron chi connectivity index (χ4n) is 1.69. The number of benzene rings is 1. The van der Waals surface area contributed by atoms with Crippen LogP contribution in [0.25, 0.3) is 11.3 Å². The van der Waals surface area contributed by atoms with Crippen LogP contribution in [-0.4, -0.2) is 16.1 Å². The number of carbonyl (C=O) groups is 1. The van der Waals surface area contributed by atoms with Crippen LogP contribution in [0.2, 0.25) is 0 Å². The number of rotatable bonds is 3. The van der Waals surface area contributed by atoms with Gasteiger partial charge in [-0.05, 0) is 30.7 Å². The molecule has 1 heterocycles. The van der Waals surface area contributed by atoms with Crippen LogP contribution in [0.1, 0.15) is 5.56 Å². The highest BCUT2D eigenvalue weighted by atomic mass is 16.1. The normalized spacial score (nSPS) is 9.95. The minimum atomic E-state index is -0.258. The maximum atomic E-state index is 11.1. The molecule has 1 amide bonds. The Morgan fingerprint density at radius 1 is 1.37 bits per heavy atom. The Hall–Kier alpha value is -2.69. The van der Waals surface area contributed by atoms with Gasteiger partial charge in [0, 0.05) is 17.3 Å². The van der Waals surface area contributed by atoms with Gasteiger partial charge in [0.15, 0.2) is 0 Å². The molecular formula is C14H13N3O2. The van der Waals surface area contributed by atoms with Crippen molar-refractivity contribution in [1.29, 1.82) is 0 Å². The second-order valence-corrected chi connectivity index (χ2v) is 4.03. The lowest BCUT2D eigenvalue weighted by atomic mass is 10.1. The summed E-state index contributed by atoms with van der Waals surface area (Å²) < 4.78 is 0. The molecule has 1 aromatic carbocycles. The van der Waals surface area contributed by atoms with E-state index in [-0.39, 0.29) is 11.5 Å². The van der Waals surface area contributed by atoms with Crippen LogP contribution in [0.5, 0.6) is 0 Å². The van der Waals surface area contributed by atoms with Crippen molar-refractivity contribution < 1.29 is 4.79 Å². The quantitative estimate of drug-likeness (QED) is 0.822. The molecule has 5 heteroatoms. The van der Waals surface area contributed by atoms with Gasteiger partial charge < -0.3 is 5.32 Å². The highest BCUT2D eigenvalue weighted by Crippen LogP contribution is 2.21. The second kappa shape index (κ2) is 5.30. The molecule has 96 valence electrons. The first-order valence-corrected chi connectivity index (χ1v) is 5.70. The van der Waals surface area contributed by atoms with Gasteiger partial charge >= 0.3 is 0 Å². The number of aryl methyl sites for hydroxylation is 1. The predicted molar refractivity (Wildman–Crippen MR) is 73.9 cm³/mol. The minimum absolute atomic E-state index is 0.226. The maximum absolute atomic E-state index is 11.1. The van der Waals surface area contributed by atoms with Crippen LogP contribution in [0, 0.1) is 6.92 Å². The molecule has 1 aromatic heterocycles. The van der Waals surface area contributed by atoms with E-state index in [0.29, 0.717) is 11.4 Å². The van der Waals surface area contributed by atoms with E-state index in [9.17, 15) is 9.59 Å². The zero-order valence-corrected chi connectivity index (χ0v) is 10.4. The summed E-state index contributed by atoms with van der Waals surface area (Å²) in [6, 6.07) is 8.68. The number of aromatic nitrogens is 2. The number of amides is 1. The molecule has 0 unspecified atom stereocenters. The molecule has 0 saturated heterocycles. The monoisotopic (exact) mass is 255 g/mol. The molecule has 0 saturated carbocycles. The van der Waals surface area contributed by atoms with E-state index in [1.807, 2.05) is 19.1 Å². The first-order chi connectivity index (χ1) is 9.10. The SMILES string of the molecule is C=CC(=O)Nc1ccc(-c2n[nH]c(=O)cc2C)cc1. The molecule has 0 aliphatic carbocycles. The molecule has 2 N–H and O–H groups in total. The van der Waals surface area contributed by atoms with E-state index in [4.69, 9.17) is 0 Å². The van der Waals surface area contributed by atoms with Crippen molar-refractivity contribution in [2.24, 2.45) is 0 Å². The van der Waals surface area contributed by atoms with E-state index in [0.717, 1.165) is 11.1 Å². The van der Waals surface area contributed by atoms with Crippen LogP contribution in [0.3, 0.4) is 0 Å². The lowest BCUT2D eigenvalue weighted by molar-refractivity contribution is -0.111. The van der Waals surface area contributed by atoms with Gasteiger partial charge in [-0.3, -0.25) is 9.59 Å². The van der Waals surface area contributed by atoms with Crippen LogP contribution < -0.4 is 10.9 Å². The number of anilines is 1. The van der Waals surface area contributed by atoms with Crippen LogP contribution in [0.4, 0.5) is 5.69 Å². The third-order valence-electron chi connectivity index (χ3n) is 2.61. The van der Waals surface area contributed by atoms with Crippen LogP contribution >= 0.6 is 0 Å². The molecule has 5 nitrogen and oxygen atoms in total. The maximum Gasteiger partial charge on any atom is 0.264 e. The third-order valence-corrected chi connectivity index (χ3v) is 2.61. The molecule has 0 bridgehead atoms. The number of nitrogens with one attached hydrogen (secondary N) is 2. The Bertz CT molecular complexity index is 672. The van der Waals surface area contributed by atoms with E-state index in [1.54, 1.807) is 12.1 Å². The van der Waals surface area contributed by atoms with Gasteiger partial charge in [-0.15, -0.1) is 0 Å². The van der Waals surface area contributed by atoms with Gasteiger partial charge in [0.1, 0.15) is 0 Å². The van der Waals surface area contributed by atoms with Gasteiger partial charge in [-0.25, -0.2) is 5.10 Å². The lowest BCUT2D eigenvalue weighted by Gasteiger charge is -2.06. The van der Waals surface area contributed by atoms with E-state index < -0.39 is 0 Å². The largest absolute Gasteiger partial charge is 0.323 e. The molecule has 19 heavy (non-hydrogen) atoms. The average Bonchev–Trinajstić information content (AvgIpc) is 2.40. The van der Waals surface area contributed by atoms with Crippen molar-refractivity contribution in [2.75, 3.05) is 5.32 Å². The number of H-pyrrole nitrogens is 1. The number of carbonyl (C=O) groups excluding carboxylic acids is 1. The summed E-state index contributed by atoms with van der Waals surface area (Å²) in [6.45, 7) is 5.21. The van der Waals surface area contributed by atoms with Crippen molar-refractivity contribution in [3.63, 3.8) is 0 Å². The molecule has 0 aliphatic heterocycles. The van der Waals surface area contributed by atoms with Gasteiger partial charge in [0.05, 0.1) is 5.69 Å². The van der Waals surface area contributed by atoms with Crippen LogP contribution in [0.15, 0.2) is 47.8 Å². The first-order valence-electron chi connectivity index (χ1n) is 5.70. The third kappa shape index (κ3) is 2.95. The van der Waals surface area contributed by atoms with Gasteiger partial charge in [0.25, 0.3) is 5.56 Å². The minimum Gasteiger partial charge on any atom is -0.323 e. The fraction of sp³-hybridized carbons (Fsp3) is 0.0714. The summed E-state index contributed by atoms with van der Waals surface area (Å²) in [5, 5.41) is 9.08. The van der Waals surface area contributed by atoms with E-state index in [2.05, 4.69) is 22.1 Å². The molecule has 2 rings (SSSR count). The van der Waals surface area contributed by atoms with E-state index >= 15 is 0 Å². The summed E-state index contributed by atoms with van der Waals surface area (Å²) in [5.41, 5.74) is 2.82. The van der Waals surface area contributed by atoms with Crippen molar-refractivity contribution in [2.45, 2.75) is 6.92 Å². The fourth-order valence-corrected chi connectivity index (χ4v) is 1.69. The number of hydrogen-bond acceptors (Lipinski definition) is 3. The van der Waals surface area contributed by atoms with E-state index in [1.165, 1.54) is 12.1 Å². The number of nitrogens with zero attached hydrogens (tertiary/aromatic N) is 1. The second-order valence-electron chi connectivity index (χ2n) is 4.03. The summed E-state index contributed by atoms with van der Waals surface area (Å²) in [7, 11) is 0.